The summed E-state index contributed by atoms with van der Waals surface area (Å²) in [6.07, 6.45) is 0. The predicted octanol–water partition coefficient (Wildman–Crippen LogP) is 3.07. The lowest BCUT2D eigenvalue weighted by Crippen LogP contribution is -2.35. The maximum atomic E-state index is 13.6. The fourth-order valence-electron chi connectivity index (χ4n) is 2.60. The number of carbonyl (C=O) groups excluding carboxylic acids is 1. The standard InChI is InChI=1S/C16H13ClFNO3/c1-2-22-14-6-4-3-5-9(14)16(21)10-7-11(17)12(18)8-13(10)19-15(16)20/h3-8,21H,2H2,1H3,(H,19,20). The number of nitrogens with one attached hydrogen (secondary N) is 1. The van der Waals surface area contributed by atoms with Crippen LogP contribution in [0.3, 0.4) is 0 Å². The molecule has 1 atom stereocenters. The first-order valence-electron chi connectivity index (χ1n) is 6.74. The van der Waals surface area contributed by atoms with Crippen LogP contribution in [0.5, 0.6) is 5.75 Å². The highest BCUT2D eigenvalue weighted by molar-refractivity contribution is 6.31. The lowest BCUT2D eigenvalue weighted by atomic mass is 9.87. The van der Waals surface area contributed by atoms with Crippen LogP contribution >= 0.6 is 11.6 Å². The smallest absolute Gasteiger partial charge is 0.266 e. The van der Waals surface area contributed by atoms with Crippen LogP contribution in [0.15, 0.2) is 36.4 Å². The fraction of sp³-hybridized carbons (Fsp3) is 0.188. The van der Waals surface area contributed by atoms with Gasteiger partial charge in [0.15, 0.2) is 5.60 Å². The molecule has 1 aliphatic rings. The van der Waals surface area contributed by atoms with E-state index < -0.39 is 17.3 Å². The first-order valence-corrected chi connectivity index (χ1v) is 7.12. The molecule has 2 aromatic carbocycles. The molecule has 6 heteroatoms. The first kappa shape index (κ1) is 14.8. The quantitative estimate of drug-likeness (QED) is 0.913. The number of amides is 1. The number of ether oxygens (including phenoxy) is 1. The van der Waals surface area contributed by atoms with E-state index in [0.29, 0.717) is 12.4 Å². The van der Waals surface area contributed by atoms with Crippen molar-refractivity contribution in [2.75, 3.05) is 11.9 Å². The van der Waals surface area contributed by atoms with Gasteiger partial charge < -0.3 is 15.2 Å². The van der Waals surface area contributed by atoms with E-state index in [1.54, 1.807) is 31.2 Å². The molecular formula is C16H13ClFNO3. The molecule has 114 valence electrons. The third kappa shape index (κ3) is 2.05. The number of fused-ring (bicyclic) bond motifs is 1. The summed E-state index contributed by atoms with van der Waals surface area (Å²) in [5.41, 5.74) is -1.29. The number of carbonyl (C=O) groups is 1. The Morgan fingerprint density at radius 2 is 2.05 bits per heavy atom. The first-order chi connectivity index (χ1) is 10.5. The molecule has 0 spiro atoms. The molecule has 0 saturated carbocycles. The highest BCUT2D eigenvalue weighted by atomic mass is 35.5. The summed E-state index contributed by atoms with van der Waals surface area (Å²) in [5, 5.41) is 13.3. The minimum absolute atomic E-state index is 0.164. The average Bonchev–Trinajstić information content (AvgIpc) is 2.73. The molecule has 0 bridgehead atoms. The van der Waals surface area contributed by atoms with Crippen LogP contribution < -0.4 is 10.1 Å². The Morgan fingerprint density at radius 3 is 2.77 bits per heavy atom. The normalized spacial score (nSPS) is 19.7. The van der Waals surface area contributed by atoms with E-state index in [4.69, 9.17) is 16.3 Å². The summed E-state index contributed by atoms with van der Waals surface area (Å²) < 4.78 is 19.1. The van der Waals surface area contributed by atoms with E-state index in [-0.39, 0.29) is 21.8 Å². The fourth-order valence-corrected chi connectivity index (χ4v) is 2.76. The zero-order chi connectivity index (χ0) is 15.9. The summed E-state index contributed by atoms with van der Waals surface area (Å²) in [4.78, 5) is 12.4. The number of benzene rings is 2. The van der Waals surface area contributed by atoms with Gasteiger partial charge in [-0.15, -0.1) is 0 Å². The number of aliphatic hydroxyl groups is 1. The van der Waals surface area contributed by atoms with Crippen molar-refractivity contribution < 1.29 is 19.0 Å². The molecule has 3 rings (SSSR count). The second-order valence-electron chi connectivity index (χ2n) is 4.91. The summed E-state index contributed by atoms with van der Waals surface area (Å²) in [6, 6.07) is 9.03. The van der Waals surface area contributed by atoms with Gasteiger partial charge in [0, 0.05) is 11.1 Å². The van der Waals surface area contributed by atoms with Gasteiger partial charge in [0.05, 0.1) is 17.3 Å². The van der Waals surface area contributed by atoms with E-state index in [9.17, 15) is 14.3 Å². The molecule has 0 aliphatic carbocycles. The van der Waals surface area contributed by atoms with Crippen LogP contribution in [0.2, 0.25) is 5.02 Å². The van der Waals surface area contributed by atoms with Crippen molar-refractivity contribution in [3.05, 3.63) is 58.4 Å². The molecule has 4 nitrogen and oxygen atoms in total. The Morgan fingerprint density at radius 1 is 1.32 bits per heavy atom. The predicted molar refractivity (Wildman–Crippen MR) is 80.6 cm³/mol. The van der Waals surface area contributed by atoms with Crippen molar-refractivity contribution in [3.63, 3.8) is 0 Å². The van der Waals surface area contributed by atoms with Crippen LogP contribution in [0.4, 0.5) is 10.1 Å². The van der Waals surface area contributed by atoms with Gasteiger partial charge in [0.25, 0.3) is 5.91 Å². The number of halogens is 2. The highest BCUT2D eigenvalue weighted by Crippen LogP contribution is 2.45. The zero-order valence-corrected chi connectivity index (χ0v) is 12.4. The molecule has 1 aliphatic heterocycles. The van der Waals surface area contributed by atoms with Crippen LogP contribution in [0, 0.1) is 5.82 Å². The molecule has 0 saturated heterocycles. The van der Waals surface area contributed by atoms with Gasteiger partial charge in [-0.1, -0.05) is 29.8 Å². The largest absolute Gasteiger partial charge is 0.493 e. The van der Waals surface area contributed by atoms with Crippen LogP contribution in [-0.2, 0) is 10.4 Å². The Hall–Kier alpha value is -2.11. The van der Waals surface area contributed by atoms with Gasteiger partial charge in [-0.25, -0.2) is 4.39 Å². The Kier molecular flexibility index (Phi) is 3.54. The van der Waals surface area contributed by atoms with Crippen molar-refractivity contribution >= 4 is 23.2 Å². The van der Waals surface area contributed by atoms with E-state index in [0.717, 1.165) is 6.07 Å². The van der Waals surface area contributed by atoms with Gasteiger partial charge in [0.1, 0.15) is 11.6 Å². The monoisotopic (exact) mass is 321 g/mol. The van der Waals surface area contributed by atoms with Crippen molar-refractivity contribution in [2.45, 2.75) is 12.5 Å². The van der Waals surface area contributed by atoms with Gasteiger partial charge in [-0.2, -0.15) is 0 Å². The maximum absolute atomic E-state index is 13.6. The van der Waals surface area contributed by atoms with E-state index in [1.807, 2.05) is 0 Å². The van der Waals surface area contributed by atoms with Gasteiger partial charge in [-0.05, 0) is 25.1 Å². The number of hydrogen-bond acceptors (Lipinski definition) is 3. The third-order valence-electron chi connectivity index (χ3n) is 3.60. The molecule has 2 N–H and O–H groups in total. The number of anilines is 1. The zero-order valence-electron chi connectivity index (χ0n) is 11.7. The van der Waals surface area contributed by atoms with Crippen molar-refractivity contribution in [1.82, 2.24) is 0 Å². The Labute approximate surface area is 131 Å². The highest BCUT2D eigenvalue weighted by Gasteiger charge is 2.49. The maximum Gasteiger partial charge on any atom is 0.266 e. The molecule has 0 radical (unpaired) electrons. The second-order valence-corrected chi connectivity index (χ2v) is 5.31. The van der Waals surface area contributed by atoms with Crippen LogP contribution in [-0.4, -0.2) is 17.6 Å². The molecule has 0 fully saturated rings. The molecule has 1 unspecified atom stereocenters. The van der Waals surface area contributed by atoms with E-state index >= 15 is 0 Å². The van der Waals surface area contributed by atoms with Crippen molar-refractivity contribution in [3.8, 4) is 5.75 Å². The molecular weight excluding hydrogens is 309 g/mol. The summed E-state index contributed by atoms with van der Waals surface area (Å²) >= 11 is 5.80. The van der Waals surface area contributed by atoms with Gasteiger partial charge in [-0.3, -0.25) is 4.79 Å². The molecule has 22 heavy (non-hydrogen) atoms. The lowest BCUT2D eigenvalue weighted by molar-refractivity contribution is -0.129. The summed E-state index contributed by atoms with van der Waals surface area (Å²) in [7, 11) is 0. The van der Waals surface area contributed by atoms with Gasteiger partial charge in [0.2, 0.25) is 0 Å². The van der Waals surface area contributed by atoms with Crippen molar-refractivity contribution in [1.29, 1.82) is 0 Å². The molecule has 0 aromatic heterocycles. The molecule has 1 heterocycles. The minimum Gasteiger partial charge on any atom is -0.493 e. The van der Waals surface area contributed by atoms with E-state index in [1.165, 1.54) is 6.07 Å². The third-order valence-corrected chi connectivity index (χ3v) is 3.89. The molecule has 1 amide bonds. The lowest BCUT2D eigenvalue weighted by Gasteiger charge is -2.24. The minimum atomic E-state index is -1.97. The summed E-state index contributed by atoms with van der Waals surface area (Å²) in [5.74, 6) is -0.949. The number of hydrogen-bond donors (Lipinski definition) is 2. The second kappa shape index (κ2) is 5.26. The average molecular weight is 322 g/mol. The van der Waals surface area contributed by atoms with Crippen molar-refractivity contribution in [2.24, 2.45) is 0 Å². The summed E-state index contributed by atoms with van der Waals surface area (Å²) in [6.45, 7) is 2.18. The number of para-hydroxylation sites is 1. The van der Waals surface area contributed by atoms with Crippen LogP contribution in [0.1, 0.15) is 18.1 Å². The number of rotatable bonds is 3. The Bertz CT molecular complexity index is 765. The SMILES string of the molecule is CCOc1ccccc1C1(O)C(=O)Nc2cc(F)c(Cl)cc21. The molecule has 2 aromatic rings. The Balaban J connectivity index is 2.23. The van der Waals surface area contributed by atoms with Crippen LogP contribution in [0.25, 0.3) is 0 Å². The topological polar surface area (TPSA) is 58.6 Å². The van der Waals surface area contributed by atoms with Gasteiger partial charge >= 0.3 is 0 Å². The van der Waals surface area contributed by atoms with E-state index in [2.05, 4.69) is 5.32 Å².